The van der Waals surface area contributed by atoms with Gasteiger partial charge in [0.1, 0.15) is 0 Å². The van der Waals surface area contributed by atoms with Crippen molar-refractivity contribution in [3.8, 4) is 0 Å². The summed E-state index contributed by atoms with van der Waals surface area (Å²) in [6, 6.07) is 0. The van der Waals surface area contributed by atoms with Crippen molar-refractivity contribution in [1.29, 1.82) is 0 Å². The lowest BCUT2D eigenvalue weighted by atomic mass is 9.96. The largest absolute Gasteiger partial charge is 0.103 e. The Hall–Kier alpha value is -0.260. The third-order valence-corrected chi connectivity index (χ3v) is 3.91. The normalized spacial score (nSPS) is 12.6. The molecular formula is C18H36. The maximum absolute atomic E-state index is 3.77. The van der Waals surface area contributed by atoms with Gasteiger partial charge < -0.3 is 0 Å². The van der Waals surface area contributed by atoms with Crippen molar-refractivity contribution in [3.05, 3.63) is 12.7 Å². The molecule has 0 aliphatic carbocycles. The summed E-state index contributed by atoms with van der Waals surface area (Å²) in [6.07, 6.45) is 20.4. The first-order valence-electron chi connectivity index (χ1n) is 8.42. The maximum atomic E-state index is 3.77. The maximum Gasteiger partial charge on any atom is -0.0353 e. The summed E-state index contributed by atoms with van der Waals surface area (Å²) in [5.41, 5.74) is 0. The van der Waals surface area contributed by atoms with Gasteiger partial charge in [-0.1, -0.05) is 90.6 Å². The van der Waals surface area contributed by atoms with E-state index in [0.29, 0.717) is 0 Å². The van der Waals surface area contributed by atoms with Crippen molar-refractivity contribution in [1.82, 2.24) is 0 Å². The van der Waals surface area contributed by atoms with E-state index in [0.717, 1.165) is 5.92 Å². The van der Waals surface area contributed by atoms with Crippen molar-refractivity contribution >= 4 is 0 Å². The topological polar surface area (TPSA) is 0 Å². The molecule has 0 saturated heterocycles. The zero-order valence-electron chi connectivity index (χ0n) is 13.1. The fourth-order valence-electron chi connectivity index (χ4n) is 2.55. The van der Waals surface area contributed by atoms with Gasteiger partial charge in [0.05, 0.1) is 0 Å². The van der Waals surface area contributed by atoms with Gasteiger partial charge in [-0.15, -0.1) is 6.58 Å². The fraction of sp³-hybridized carbons (Fsp3) is 0.889. The van der Waals surface area contributed by atoms with Gasteiger partial charge in [0.2, 0.25) is 0 Å². The van der Waals surface area contributed by atoms with E-state index in [4.69, 9.17) is 0 Å². The minimum absolute atomic E-state index is 0.948. The quantitative estimate of drug-likeness (QED) is 0.233. The number of allylic oxidation sites excluding steroid dienone is 1. The standard InChI is InChI=1S/C18H36/c1-4-6-8-10-11-13-15-17-18(3)16-14-12-9-7-5-2/h5,18H,2,4,6-17H2,1,3H3. The second-order valence-electron chi connectivity index (χ2n) is 5.94. The molecule has 18 heavy (non-hydrogen) atoms. The Morgan fingerprint density at radius 1 is 0.778 bits per heavy atom. The molecule has 0 aromatic rings. The first-order chi connectivity index (χ1) is 8.81. The minimum Gasteiger partial charge on any atom is -0.103 e. The fourth-order valence-corrected chi connectivity index (χ4v) is 2.55. The predicted octanol–water partition coefficient (Wildman–Crippen LogP) is 6.90. The van der Waals surface area contributed by atoms with Gasteiger partial charge in [0.25, 0.3) is 0 Å². The van der Waals surface area contributed by atoms with Gasteiger partial charge in [0.15, 0.2) is 0 Å². The van der Waals surface area contributed by atoms with Crippen molar-refractivity contribution < 1.29 is 0 Å². The average Bonchev–Trinajstić information content (AvgIpc) is 2.37. The molecule has 0 nitrogen and oxygen atoms in total. The summed E-state index contributed by atoms with van der Waals surface area (Å²) in [5.74, 6) is 0.948. The Kier molecular flexibility index (Phi) is 14.6. The lowest BCUT2D eigenvalue weighted by Gasteiger charge is -2.10. The van der Waals surface area contributed by atoms with Gasteiger partial charge in [-0.3, -0.25) is 0 Å². The van der Waals surface area contributed by atoms with Crippen LogP contribution in [0.15, 0.2) is 12.7 Å². The molecule has 0 fully saturated rings. The lowest BCUT2D eigenvalue weighted by Crippen LogP contribution is -1.95. The van der Waals surface area contributed by atoms with Crippen LogP contribution in [-0.2, 0) is 0 Å². The van der Waals surface area contributed by atoms with Crippen LogP contribution in [0.5, 0.6) is 0 Å². The highest BCUT2D eigenvalue weighted by molar-refractivity contribution is 4.65. The van der Waals surface area contributed by atoms with Gasteiger partial charge in [-0.05, 0) is 18.8 Å². The van der Waals surface area contributed by atoms with Crippen molar-refractivity contribution in [3.63, 3.8) is 0 Å². The molecule has 0 aliphatic rings. The van der Waals surface area contributed by atoms with Gasteiger partial charge in [-0.2, -0.15) is 0 Å². The van der Waals surface area contributed by atoms with E-state index in [-0.39, 0.29) is 0 Å². The van der Waals surface area contributed by atoms with Crippen LogP contribution >= 0.6 is 0 Å². The van der Waals surface area contributed by atoms with Crippen molar-refractivity contribution in [2.45, 2.75) is 97.3 Å². The summed E-state index contributed by atoms with van der Waals surface area (Å²) in [6.45, 7) is 8.49. The van der Waals surface area contributed by atoms with Crippen LogP contribution in [-0.4, -0.2) is 0 Å². The van der Waals surface area contributed by atoms with E-state index in [1.807, 2.05) is 6.08 Å². The molecule has 0 N–H and O–H groups in total. The third kappa shape index (κ3) is 13.8. The molecule has 0 heterocycles. The summed E-state index contributed by atoms with van der Waals surface area (Å²) >= 11 is 0. The Morgan fingerprint density at radius 3 is 1.83 bits per heavy atom. The zero-order valence-corrected chi connectivity index (χ0v) is 13.1. The molecular weight excluding hydrogens is 216 g/mol. The SMILES string of the molecule is C=CCCCCCC(C)CCCCCCCCC. The molecule has 0 amide bonds. The molecule has 0 rings (SSSR count). The molecule has 108 valence electrons. The molecule has 0 heteroatoms. The van der Waals surface area contributed by atoms with Gasteiger partial charge >= 0.3 is 0 Å². The monoisotopic (exact) mass is 252 g/mol. The zero-order chi connectivity index (χ0) is 13.5. The summed E-state index contributed by atoms with van der Waals surface area (Å²) in [7, 11) is 0. The van der Waals surface area contributed by atoms with Crippen LogP contribution in [0.25, 0.3) is 0 Å². The van der Waals surface area contributed by atoms with E-state index in [9.17, 15) is 0 Å². The van der Waals surface area contributed by atoms with Crippen LogP contribution in [0.2, 0.25) is 0 Å². The highest BCUT2D eigenvalue weighted by atomic mass is 14.1. The first kappa shape index (κ1) is 17.7. The molecule has 1 atom stereocenters. The Labute approximate surface area is 116 Å². The summed E-state index contributed by atoms with van der Waals surface area (Å²) in [4.78, 5) is 0. The van der Waals surface area contributed by atoms with Crippen LogP contribution in [0.3, 0.4) is 0 Å². The van der Waals surface area contributed by atoms with Crippen LogP contribution in [0, 0.1) is 5.92 Å². The highest BCUT2D eigenvalue weighted by Gasteiger charge is 2.01. The number of hydrogen-bond acceptors (Lipinski definition) is 0. The van der Waals surface area contributed by atoms with Crippen LogP contribution in [0.1, 0.15) is 97.3 Å². The van der Waals surface area contributed by atoms with E-state index in [1.165, 1.54) is 83.5 Å². The highest BCUT2D eigenvalue weighted by Crippen LogP contribution is 2.18. The molecule has 0 spiro atoms. The number of rotatable bonds is 14. The first-order valence-corrected chi connectivity index (χ1v) is 8.42. The Balaban J connectivity index is 3.11. The van der Waals surface area contributed by atoms with Gasteiger partial charge in [0, 0.05) is 0 Å². The number of unbranched alkanes of at least 4 members (excludes halogenated alkanes) is 9. The Bertz CT molecular complexity index is 159. The second-order valence-corrected chi connectivity index (χ2v) is 5.94. The minimum atomic E-state index is 0.948. The smallest absolute Gasteiger partial charge is 0.0353 e. The van der Waals surface area contributed by atoms with Crippen molar-refractivity contribution in [2.75, 3.05) is 0 Å². The van der Waals surface area contributed by atoms with E-state index in [2.05, 4.69) is 20.4 Å². The molecule has 0 bridgehead atoms. The summed E-state index contributed by atoms with van der Waals surface area (Å²) < 4.78 is 0. The van der Waals surface area contributed by atoms with E-state index < -0.39 is 0 Å². The molecule has 0 aromatic carbocycles. The van der Waals surface area contributed by atoms with E-state index in [1.54, 1.807) is 0 Å². The van der Waals surface area contributed by atoms with Crippen LogP contribution < -0.4 is 0 Å². The molecule has 0 saturated carbocycles. The van der Waals surface area contributed by atoms with E-state index >= 15 is 0 Å². The third-order valence-electron chi connectivity index (χ3n) is 3.91. The molecule has 0 radical (unpaired) electrons. The molecule has 1 unspecified atom stereocenters. The van der Waals surface area contributed by atoms with Crippen LogP contribution in [0.4, 0.5) is 0 Å². The lowest BCUT2D eigenvalue weighted by molar-refractivity contribution is 0.434. The van der Waals surface area contributed by atoms with Crippen molar-refractivity contribution in [2.24, 2.45) is 5.92 Å². The number of hydrogen-bond donors (Lipinski definition) is 0. The summed E-state index contributed by atoms with van der Waals surface area (Å²) in [5, 5.41) is 0. The molecule has 0 aromatic heterocycles. The average molecular weight is 252 g/mol. The predicted molar refractivity (Wildman–Crippen MR) is 85.1 cm³/mol. The van der Waals surface area contributed by atoms with Gasteiger partial charge in [-0.25, -0.2) is 0 Å². The Morgan fingerprint density at radius 2 is 1.28 bits per heavy atom. The molecule has 0 aliphatic heterocycles. The second kappa shape index (κ2) is 14.8.